The van der Waals surface area contributed by atoms with Crippen LogP contribution in [0.3, 0.4) is 0 Å². The van der Waals surface area contributed by atoms with E-state index in [1.54, 1.807) is 17.9 Å². The van der Waals surface area contributed by atoms with Crippen LogP contribution >= 0.6 is 0 Å². The Morgan fingerprint density at radius 3 is 2.82 bits per heavy atom. The summed E-state index contributed by atoms with van der Waals surface area (Å²) < 4.78 is 27.8. The molecule has 0 spiro atoms. The Morgan fingerprint density at radius 1 is 1.41 bits per heavy atom. The highest BCUT2D eigenvalue weighted by Crippen LogP contribution is 2.13. The Bertz CT molecular complexity index is 563. The lowest BCUT2D eigenvalue weighted by atomic mass is 10.0. The van der Waals surface area contributed by atoms with Crippen molar-refractivity contribution < 1.29 is 13.6 Å². The summed E-state index contributed by atoms with van der Waals surface area (Å²) >= 11 is 0. The number of benzene rings is 1. The van der Waals surface area contributed by atoms with Crippen LogP contribution in [0.15, 0.2) is 30.6 Å². The lowest BCUT2D eigenvalue weighted by Gasteiger charge is -2.01. The van der Waals surface area contributed by atoms with Gasteiger partial charge in [0.15, 0.2) is 5.78 Å². The fourth-order valence-corrected chi connectivity index (χ4v) is 1.55. The number of hydrogen-bond donors (Lipinski definition) is 0. The Hall–Kier alpha value is -2.04. The van der Waals surface area contributed by atoms with E-state index in [0.717, 1.165) is 18.2 Å². The number of halogens is 2. The number of carbonyl (C=O) groups excluding carboxylic acids is 1. The third kappa shape index (κ3) is 2.55. The summed E-state index contributed by atoms with van der Waals surface area (Å²) in [6.45, 7) is 0. The van der Waals surface area contributed by atoms with Gasteiger partial charge in [-0.05, 0) is 23.8 Å². The molecule has 0 aliphatic heterocycles. The number of aryl methyl sites for hydroxylation is 1. The molecule has 1 aromatic carbocycles. The van der Waals surface area contributed by atoms with Crippen molar-refractivity contribution in [2.24, 2.45) is 7.05 Å². The van der Waals surface area contributed by atoms with Crippen LogP contribution in [-0.2, 0) is 13.5 Å². The minimum absolute atomic E-state index is 0.00815. The van der Waals surface area contributed by atoms with Gasteiger partial charge in [-0.3, -0.25) is 9.48 Å². The van der Waals surface area contributed by atoms with Gasteiger partial charge < -0.3 is 0 Å². The second-order valence-corrected chi connectivity index (χ2v) is 3.75. The molecule has 0 bridgehead atoms. The third-order valence-corrected chi connectivity index (χ3v) is 2.35. The van der Waals surface area contributed by atoms with Crippen molar-refractivity contribution in [2.75, 3.05) is 0 Å². The van der Waals surface area contributed by atoms with Gasteiger partial charge in [0.2, 0.25) is 0 Å². The molecule has 2 rings (SSSR count). The van der Waals surface area contributed by atoms with Gasteiger partial charge in [-0.15, -0.1) is 0 Å². The average molecular weight is 236 g/mol. The van der Waals surface area contributed by atoms with E-state index in [2.05, 4.69) is 5.10 Å². The molecule has 0 aliphatic carbocycles. The zero-order chi connectivity index (χ0) is 12.4. The van der Waals surface area contributed by atoms with Crippen molar-refractivity contribution in [3.8, 4) is 0 Å². The minimum Gasteiger partial charge on any atom is -0.294 e. The predicted molar refractivity (Wildman–Crippen MR) is 57.6 cm³/mol. The molecule has 88 valence electrons. The molecule has 0 saturated carbocycles. The fraction of sp³-hybridized carbons (Fsp3) is 0.167. The number of ketones is 1. The molecule has 5 heteroatoms. The molecular formula is C12H10F2N2O. The maximum Gasteiger partial charge on any atom is 0.170 e. The molecule has 0 aliphatic rings. The predicted octanol–water partition coefficient (Wildman–Crippen LogP) is 2.12. The van der Waals surface area contributed by atoms with Crippen LogP contribution in [0.2, 0.25) is 0 Å². The van der Waals surface area contributed by atoms with Crippen LogP contribution in [-0.4, -0.2) is 15.6 Å². The maximum atomic E-state index is 13.3. The molecule has 2 aromatic rings. The highest BCUT2D eigenvalue weighted by molar-refractivity contribution is 5.97. The van der Waals surface area contributed by atoms with E-state index in [1.165, 1.54) is 6.20 Å². The zero-order valence-corrected chi connectivity index (χ0v) is 9.15. The summed E-state index contributed by atoms with van der Waals surface area (Å²) in [7, 11) is 1.72. The normalized spacial score (nSPS) is 10.5. The summed E-state index contributed by atoms with van der Waals surface area (Å²) in [6, 6.07) is 2.84. The smallest absolute Gasteiger partial charge is 0.170 e. The van der Waals surface area contributed by atoms with Crippen molar-refractivity contribution in [3.05, 3.63) is 53.4 Å². The first kappa shape index (κ1) is 11.4. The second-order valence-electron chi connectivity index (χ2n) is 3.75. The number of Topliss-reactive ketones (excluding diaryl/α,β-unsaturated/α-hetero) is 1. The van der Waals surface area contributed by atoms with Crippen LogP contribution in [0.1, 0.15) is 15.9 Å². The Kier molecular flexibility index (Phi) is 2.99. The van der Waals surface area contributed by atoms with Crippen LogP contribution in [0.25, 0.3) is 0 Å². The largest absolute Gasteiger partial charge is 0.294 e. The van der Waals surface area contributed by atoms with Gasteiger partial charge in [0.25, 0.3) is 0 Å². The van der Waals surface area contributed by atoms with Crippen molar-refractivity contribution >= 4 is 5.78 Å². The molecule has 0 atom stereocenters. The summed E-state index contributed by atoms with van der Waals surface area (Å²) in [6.07, 6.45) is 3.19. The molecule has 0 saturated heterocycles. The second kappa shape index (κ2) is 4.45. The highest BCUT2D eigenvalue weighted by Gasteiger charge is 2.14. The average Bonchev–Trinajstić information content (AvgIpc) is 2.67. The monoisotopic (exact) mass is 236 g/mol. The van der Waals surface area contributed by atoms with Gasteiger partial charge >= 0.3 is 0 Å². The Morgan fingerprint density at radius 2 is 2.18 bits per heavy atom. The molecule has 1 heterocycles. The van der Waals surface area contributed by atoms with E-state index in [1.807, 2.05) is 0 Å². The number of nitrogens with zero attached hydrogens (tertiary/aromatic N) is 2. The van der Waals surface area contributed by atoms with Gasteiger partial charge in [0.1, 0.15) is 11.6 Å². The van der Waals surface area contributed by atoms with E-state index >= 15 is 0 Å². The topological polar surface area (TPSA) is 34.9 Å². The van der Waals surface area contributed by atoms with E-state index in [-0.39, 0.29) is 12.0 Å². The molecule has 0 fully saturated rings. The fourth-order valence-electron chi connectivity index (χ4n) is 1.55. The molecule has 17 heavy (non-hydrogen) atoms. The van der Waals surface area contributed by atoms with Crippen LogP contribution < -0.4 is 0 Å². The summed E-state index contributed by atoms with van der Waals surface area (Å²) in [5.41, 5.74) is 0.440. The SMILES string of the molecule is Cn1cc(CC(=O)c2cc(F)ccc2F)cn1. The first-order chi connectivity index (χ1) is 8.06. The van der Waals surface area contributed by atoms with Gasteiger partial charge in [-0.2, -0.15) is 5.10 Å². The minimum atomic E-state index is -0.708. The van der Waals surface area contributed by atoms with Crippen molar-refractivity contribution in [3.63, 3.8) is 0 Å². The highest BCUT2D eigenvalue weighted by atomic mass is 19.1. The molecule has 3 nitrogen and oxygen atoms in total. The lowest BCUT2D eigenvalue weighted by Crippen LogP contribution is -2.06. The van der Waals surface area contributed by atoms with Crippen molar-refractivity contribution in [2.45, 2.75) is 6.42 Å². The van der Waals surface area contributed by atoms with Gasteiger partial charge in [0.05, 0.1) is 11.8 Å². The van der Waals surface area contributed by atoms with E-state index in [0.29, 0.717) is 5.56 Å². The number of carbonyl (C=O) groups is 1. The van der Waals surface area contributed by atoms with Crippen LogP contribution in [0.5, 0.6) is 0 Å². The molecule has 1 aromatic heterocycles. The number of hydrogen-bond acceptors (Lipinski definition) is 2. The maximum absolute atomic E-state index is 13.3. The van der Waals surface area contributed by atoms with Crippen molar-refractivity contribution in [1.29, 1.82) is 0 Å². The number of rotatable bonds is 3. The molecular weight excluding hydrogens is 226 g/mol. The summed E-state index contributed by atoms with van der Waals surface area (Å²) in [4.78, 5) is 11.8. The lowest BCUT2D eigenvalue weighted by molar-refractivity contribution is 0.0988. The summed E-state index contributed by atoms with van der Waals surface area (Å²) in [5.74, 6) is -1.80. The van der Waals surface area contributed by atoms with Gasteiger partial charge in [-0.25, -0.2) is 8.78 Å². The first-order valence-corrected chi connectivity index (χ1v) is 5.02. The molecule has 0 radical (unpaired) electrons. The van der Waals surface area contributed by atoms with E-state index < -0.39 is 17.4 Å². The zero-order valence-electron chi connectivity index (χ0n) is 9.15. The summed E-state index contributed by atoms with van der Waals surface area (Å²) in [5, 5.41) is 3.90. The standard InChI is InChI=1S/C12H10F2N2O/c1-16-7-8(6-15-16)4-12(17)10-5-9(13)2-3-11(10)14/h2-3,5-7H,4H2,1H3. The Balaban J connectivity index is 2.22. The van der Waals surface area contributed by atoms with Crippen LogP contribution in [0, 0.1) is 11.6 Å². The first-order valence-electron chi connectivity index (χ1n) is 5.02. The van der Waals surface area contributed by atoms with E-state index in [4.69, 9.17) is 0 Å². The van der Waals surface area contributed by atoms with Gasteiger partial charge in [-0.1, -0.05) is 0 Å². The van der Waals surface area contributed by atoms with Gasteiger partial charge in [0, 0.05) is 19.7 Å². The number of aromatic nitrogens is 2. The molecule has 0 amide bonds. The molecule has 0 unspecified atom stereocenters. The van der Waals surface area contributed by atoms with E-state index in [9.17, 15) is 13.6 Å². The molecule has 0 N–H and O–H groups in total. The third-order valence-electron chi connectivity index (χ3n) is 2.35. The quantitative estimate of drug-likeness (QED) is 0.765. The van der Waals surface area contributed by atoms with Crippen LogP contribution in [0.4, 0.5) is 8.78 Å². The van der Waals surface area contributed by atoms with Crippen molar-refractivity contribution in [1.82, 2.24) is 9.78 Å². The Labute approximate surface area is 96.7 Å².